The summed E-state index contributed by atoms with van der Waals surface area (Å²) in [6.45, 7) is 1.74. The minimum atomic E-state index is -0.932. The van der Waals surface area contributed by atoms with Crippen molar-refractivity contribution in [3.8, 4) is 17.3 Å². The molecule has 0 spiro atoms. The van der Waals surface area contributed by atoms with Crippen molar-refractivity contribution in [1.29, 1.82) is 0 Å². The SMILES string of the molecule is Nc1nc2c(-c3ncc4c(N5CCC=C(F)C5)nc(OCC56CCCN5CC(F)C6)nc4c3F)ccc(F)c2s1. The van der Waals surface area contributed by atoms with Crippen LogP contribution in [0.25, 0.3) is 32.4 Å². The highest BCUT2D eigenvalue weighted by molar-refractivity contribution is 7.22. The quantitative estimate of drug-likeness (QED) is 0.328. The molecule has 2 atom stereocenters. The number of hydrogen-bond donors (Lipinski definition) is 1. The molecule has 6 heterocycles. The smallest absolute Gasteiger partial charge is 0.319 e. The van der Waals surface area contributed by atoms with E-state index in [1.54, 1.807) is 4.90 Å². The number of nitrogens with two attached hydrogens (primary N) is 1. The van der Waals surface area contributed by atoms with Gasteiger partial charge in [0.1, 0.15) is 41.5 Å². The molecule has 0 radical (unpaired) electrons. The zero-order chi connectivity index (χ0) is 27.6. The Hall–Kier alpha value is -3.58. The van der Waals surface area contributed by atoms with Crippen LogP contribution in [0, 0.1) is 11.6 Å². The van der Waals surface area contributed by atoms with Crippen LogP contribution in [0.15, 0.2) is 30.2 Å². The van der Waals surface area contributed by atoms with Crippen LogP contribution in [0.1, 0.15) is 25.7 Å². The summed E-state index contributed by atoms with van der Waals surface area (Å²) in [6, 6.07) is 2.54. The van der Waals surface area contributed by atoms with Gasteiger partial charge in [-0.05, 0) is 44.0 Å². The van der Waals surface area contributed by atoms with Gasteiger partial charge in [0.2, 0.25) is 0 Å². The van der Waals surface area contributed by atoms with Gasteiger partial charge in [0.25, 0.3) is 0 Å². The molecule has 3 aliphatic rings. The van der Waals surface area contributed by atoms with Crippen LogP contribution in [-0.2, 0) is 0 Å². The molecule has 1 aromatic carbocycles. The number of fused-ring (bicyclic) bond motifs is 3. The third-order valence-electron chi connectivity index (χ3n) is 8.05. The molecule has 2 unspecified atom stereocenters. The van der Waals surface area contributed by atoms with Crippen LogP contribution < -0.4 is 15.4 Å². The summed E-state index contributed by atoms with van der Waals surface area (Å²) in [7, 11) is 0. The highest BCUT2D eigenvalue weighted by Gasteiger charge is 2.49. The zero-order valence-electron chi connectivity index (χ0n) is 21.3. The second kappa shape index (κ2) is 9.51. The molecule has 0 amide bonds. The van der Waals surface area contributed by atoms with E-state index in [1.807, 2.05) is 0 Å². The molecule has 3 aliphatic heterocycles. The standard InChI is InChI=1S/C27H25F4N7OS/c28-14-3-1-7-37(11-14)24-17-10-33-20(16-4-5-18(30)23-22(16)34-25(32)40-23)19(31)21(17)35-26(36-24)39-13-27-6-2-8-38(27)12-15(29)9-27/h3-5,10,15H,1-2,6-9,11-13H2,(H2,32,34). The fraction of sp³-hybridized carbons (Fsp3) is 0.407. The summed E-state index contributed by atoms with van der Waals surface area (Å²) in [5.41, 5.74) is 5.67. The number of benzene rings is 1. The van der Waals surface area contributed by atoms with E-state index in [-0.39, 0.29) is 62.5 Å². The molecule has 7 rings (SSSR count). The van der Waals surface area contributed by atoms with Crippen molar-refractivity contribution < 1.29 is 22.3 Å². The summed E-state index contributed by atoms with van der Waals surface area (Å²) in [5, 5.41) is 0.426. The van der Waals surface area contributed by atoms with Gasteiger partial charge in [-0.15, -0.1) is 0 Å². The lowest BCUT2D eigenvalue weighted by Crippen LogP contribution is -2.43. The average molecular weight is 572 g/mol. The van der Waals surface area contributed by atoms with Crippen molar-refractivity contribution >= 4 is 43.4 Å². The Morgan fingerprint density at radius 3 is 2.85 bits per heavy atom. The number of halogens is 4. The van der Waals surface area contributed by atoms with Gasteiger partial charge < -0.3 is 15.4 Å². The van der Waals surface area contributed by atoms with Gasteiger partial charge in [0, 0.05) is 31.3 Å². The van der Waals surface area contributed by atoms with E-state index in [2.05, 4.69) is 24.8 Å². The molecular formula is C27H25F4N7OS. The lowest BCUT2D eigenvalue weighted by molar-refractivity contribution is 0.107. The number of aromatic nitrogens is 4. The largest absolute Gasteiger partial charge is 0.461 e. The Morgan fingerprint density at radius 1 is 1.12 bits per heavy atom. The second-order valence-electron chi connectivity index (χ2n) is 10.6. The van der Waals surface area contributed by atoms with Crippen molar-refractivity contribution in [3.63, 3.8) is 0 Å². The van der Waals surface area contributed by atoms with E-state index in [9.17, 15) is 13.2 Å². The van der Waals surface area contributed by atoms with Crippen molar-refractivity contribution in [2.75, 3.05) is 43.4 Å². The van der Waals surface area contributed by atoms with E-state index >= 15 is 4.39 Å². The van der Waals surface area contributed by atoms with Gasteiger partial charge in [-0.2, -0.15) is 9.97 Å². The summed E-state index contributed by atoms with van der Waals surface area (Å²) in [6.07, 6.45) is 4.54. The molecule has 0 aliphatic carbocycles. The molecule has 208 valence electrons. The Morgan fingerprint density at radius 2 is 2.00 bits per heavy atom. The van der Waals surface area contributed by atoms with Crippen LogP contribution in [0.4, 0.5) is 28.5 Å². The fourth-order valence-electron chi connectivity index (χ4n) is 6.23. The number of rotatable bonds is 5. The maximum atomic E-state index is 16.3. The lowest BCUT2D eigenvalue weighted by atomic mass is 9.95. The monoisotopic (exact) mass is 571 g/mol. The van der Waals surface area contributed by atoms with Crippen LogP contribution in [-0.4, -0.2) is 69.3 Å². The number of nitrogens with zero attached hydrogens (tertiary/aromatic N) is 6. The molecule has 4 aromatic rings. The van der Waals surface area contributed by atoms with Crippen LogP contribution >= 0.6 is 11.3 Å². The first-order valence-electron chi connectivity index (χ1n) is 13.1. The maximum absolute atomic E-state index is 16.3. The number of thiazole rings is 1. The topological polar surface area (TPSA) is 93.3 Å². The van der Waals surface area contributed by atoms with Gasteiger partial charge >= 0.3 is 6.01 Å². The molecule has 0 saturated carbocycles. The van der Waals surface area contributed by atoms with E-state index < -0.39 is 23.3 Å². The normalized spacial score (nSPS) is 23.2. The van der Waals surface area contributed by atoms with Crippen LogP contribution in [0.3, 0.4) is 0 Å². The third kappa shape index (κ3) is 4.14. The average Bonchev–Trinajstić information content (AvgIpc) is 3.60. The Labute approximate surface area is 230 Å². The Kier molecular flexibility index (Phi) is 6.04. The van der Waals surface area contributed by atoms with Gasteiger partial charge in [-0.1, -0.05) is 11.3 Å². The van der Waals surface area contributed by atoms with Gasteiger partial charge in [0.05, 0.1) is 27.7 Å². The molecule has 3 aromatic heterocycles. The van der Waals surface area contributed by atoms with Gasteiger partial charge in [-0.25, -0.2) is 22.5 Å². The number of alkyl halides is 1. The van der Waals surface area contributed by atoms with Crippen LogP contribution in [0.5, 0.6) is 6.01 Å². The van der Waals surface area contributed by atoms with Crippen molar-refractivity contribution in [2.45, 2.75) is 37.4 Å². The molecule has 13 heteroatoms. The van der Waals surface area contributed by atoms with Gasteiger partial charge in [-0.3, -0.25) is 9.88 Å². The number of anilines is 2. The first kappa shape index (κ1) is 25.4. The predicted molar refractivity (Wildman–Crippen MR) is 145 cm³/mol. The summed E-state index contributed by atoms with van der Waals surface area (Å²) in [4.78, 5) is 21.3. The Balaban J connectivity index is 1.34. The van der Waals surface area contributed by atoms with Crippen molar-refractivity contribution in [2.24, 2.45) is 0 Å². The second-order valence-corrected chi connectivity index (χ2v) is 11.6. The number of nitrogen functional groups attached to an aromatic ring is 1. The maximum Gasteiger partial charge on any atom is 0.319 e. The fourth-order valence-corrected chi connectivity index (χ4v) is 6.99. The highest BCUT2D eigenvalue weighted by Crippen LogP contribution is 2.41. The van der Waals surface area contributed by atoms with E-state index in [0.717, 1.165) is 30.7 Å². The predicted octanol–water partition coefficient (Wildman–Crippen LogP) is 5.18. The number of ether oxygens (including phenoxy) is 1. The third-order valence-corrected chi connectivity index (χ3v) is 8.94. The first-order valence-corrected chi connectivity index (χ1v) is 14.0. The highest BCUT2D eigenvalue weighted by atomic mass is 32.1. The molecule has 2 N–H and O–H groups in total. The molecule has 40 heavy (non-hydrogen) atoms. The van der Waals surface area contributed by atoms with Crippen LogP contribution in [0.2, 0.25) is 0 Å². The van der Waals surface area contributed by atoms with Crippen molar-refractivity contribution in [1.82, 2.24) is 24.8 Å². The Bertz CT molecular complexity index is 1680. The molecule has 2 fully saturated rings. The summed E-state index contributed by atoms with van der Waals surface area (Å²) >= 11 is 0.964. The van der Waals surface area contributed by atoms with E-state index in [0.29, 0.717) is 31.7 Å². The van der Waals surface area contributed by atoms with Gasteiger partial charge in [0.15, 0.2) is 10.9 Å². The summed E-state index contributed by atoms with van der Waals surface area (Å²) in [5.74, 6) is -1.32. The minimum Gasteiger partial charge on any atom is -0.461 e. The first-order chi connectivity index (χ1) is 19.3. The van der Waals surface area contributed by atoms with E-state index in [1.165, 1.54) is 24.4 Å². The number of pyridine rings is 1. The van der Waals surface area contributed by atoms with E-state index in [4.69, 9.17) is 10.5 Å². The molecule has 2 saturated heterocycles. The molecular weight excluding hydrogens is 546 g/mol. The lowest BCUT2D eigenvalue weighted by Gasteiger charge is -2.31. The summed E-state index contributed by atoms with van der Waals surface area (Å²) < 4.78 is 65.5. The minimum absolute atomic E-state index is 0.0349. The number of hydrogen-bond acceptors (Lipinski definition) is 9. The van der Waals surface area contributed by atoms with Crippen molar-refractivity contribution in [3.05, 3.63) is 41.9 Å². The zero-order valence-corrected chi connectivity index (χ0v) is 22.2. The molecule has 0 bridgehead atoms. The molecule has 8 nitrogen and oxygen atoms in total.